The van der Waals surface area contributed by atoms with Crippen molar-refractivity contribution in [3.05, 3.63) is 41.7 Å². The summed E-state index contributed by atoms with van der Waals surface area (Å²) in [5.41, 5.74) is 0.594. The predicted molar refractivity (Wildman–Crippen MR) is 87.7 cm³/mol. The SMILES string of the molecule is COc1cccc2cc(C(=O)N3CC(c4nc(C5CC5)no4)C3)oc12. The molecule has 3 aromatic rings. The molecule has 1 saturated heterocycles. The molecule has 1 amide bonds. The van der Waals surface area contributed by atoms with Crippen LogP contribution < -0.4 is 4.74 Å². The van der Waals surface area contributed by atoms with Gasteiger partial charge in [-0.15, -0.1) is 0 Å². The number of benzene rings is 1. The average Bonchev–Trinajstić information content (AvgIpc) is 3.16. The Bertz CT molecular complexity index is 950. The van der Waals surface area contributed by atoms with Crippen LogP contribution in [0.3, 0.4) is 0 Å². The standard InChI is InChI=1S/C18H17N3O4/c1-23-13-4-2-3-11-7-14(24-15(11)13)18(22)21-8-12(9-21)17-19-16(20-25-17)10-5-6-10/h2-4,7,10,12H,5-6,8-9H2,1H3. The molecular weight excluding hydrogens is 322 g/mol. The highest BCUT2D eigenvalue weighted by Crippen LogP contribution is 2.39. The van der Waals surface area contributed by atoms with E-state index in [1.54, 1.807) is 18.1 Å². The zero-order chi connectivity index (χ0) is 17.0. The zero-order valence-electron chi connectivity index (χ0n) is 13.8. The number of hydrogen-bond donors (Lipinski definition) is 0. The van der Waals surface area contributed by atoms with Crippen molar-refractivity contribution in [2.45, 2.75) is 24.7 Å². The van der Waals surface area contributed by atoms with Crippen LogP contribution in [0.1, 0.15) is 46.9 Å². The Labute approximate surface area is 143 Å². The van der Waals surface area contributed by atoms with E-state index in [1.165, 1.54) is 0 Å². The molecule has 3 heterocycles. The number of ether oxygens (including phenoxy) is 1. The Morgan fingerprint density at radius 1 is 1.28 bits per heavy atom. The zero-order valence-corrected chi connectivity index (χ0v) is 13.8. The monoisotopic (exact) mass is 339 g/mol. The van der Waals surface area contributed by atoms with E-state index < -0.39 is 0 Å². The average molecular weight is 339 g/mol. The molecule has 2 aromatic heterocycles. The lowest BCUT2D eigenvalue weighted by molar-refractivity contribution is 0.0539. The molecule has 7 nitrogen and oxygen atoms in total. The molecule has 1 aliphatic heterocycles. The molecule has 128 valence electrons. The van der Waals surface area contributed by atoms with Gasteiger partial charge in [-0.1, -0.05) is 17.3 Å². The van der Waals surface area contributed by atoms with Gasteiger partial charge in [-0.2, -0.15) is 4.98 Å². The molecule has 2 fully saturated rings. The Morgan fingerprint density at radius 3 is 2.88 bits per heavy atom. The van der Waals surface area contributed by atoms with Gasteiger partial charge in [-0.05, 0) is 25.0 Å². The first-order chi connectivity index (χ1) is 12.2. The number of carbonyl (C=O) groups excluding carboxylic acids is 1. The number of nitrogens with zero attached hydrogens (tertiary/aromatic N) is 3. The molecule has 5 rings (SSSR count). The number of rotatable bonds is 4. The summed E-state index contributed by atoms with van der Waals surface area (Å²) < 4.78 is 16.3. The molecule has 1 aromatic carbocycles. The molecular formula is C18H17N3O4. The third-order valence-corrected chi connectivity index (χ3v) is 4.86. The van der Waals surface area contributed by atoms with Crippen LogP contribution in [-0.4, -0.2) is 41.1 Å². The minimum atomic E-state index is -0.128. The first kappa shape index (κ1) is 14.5. The number of carbonyl (C=O) groups is 1. The normalized spacial score (nSPS) is 17.7. The van der Waals surface area contributed by atoms with Crippen LogP contribution in [-0.2, 0) is 0 Å². The van der Waals surface area contributed by atoms with Crippen molar-refractivity contribution in [3.63, 3.8) is 0 Å². The summed E-state index contributed by atoms with van der Waals surface area (Å²) in [6.07, 6.45) is 2.29. The quantitative estimate of drug-likeness (QED) is 0.727. The van der Waals surface area contributed by atoms with Gasteiger partial charge >= 0.3 is 0 Å². The van der Waals surface area contributed by atoms with Crippen molar-refractivity contribution >= 4 is 16.9 Å². The van der Waals surface area contributed by atoms with Crippen LogP contribution in [0.5, 0.6) is 5.75 Å². The lowest BCUT2D eigenvalue weighted by atomic mass is 10.00. The van der Waals surface area contributed by atoms with Crippen molar-refractivity contribution in [2.75, 3.05) is 20.2 Å². The second kappa shape index (κ2) is 5.34. The van der Waals surface area contributed by atoms with Gasteiger partial charge in [-0.3, -0.25) is 4.79 Å². The van der Waals surface area contributed by atoms with E-state index in [0.717, 1.165) is 24.1 Å². The van der Waals surface area contributed by atoms with E-state index >= 15 is 0 Å². The molecule has 1 saturated carbocycles. The first-order valence-corrected chi connectivity index (χ1v) is 8.42. The van der Waals surface area contributed by atoms with Gasteiger partial charge in [0.05, 0.1) is 13.0 Å². The minimum absolute atomic E-state index is 0.114. The lowest BCUT2D eigenvalue weighted by Gasteiger charge is -2.36. The molecule has 7 heteroatoms. The molecule has 0 unspecified atom stereocenters. The third kappa shape index (κ3) is 2.38. The largest absolute Gasteiger partial charge is 0.493 e. The second-order valence-electron chi connectivity index (χ2n) is 6.66. The highest BCUT2D eigenvalue weighted by Gasteiger charge is 2.38. The Hall–Kier alpha value is -2.83. The van der Waals surface area contributed by atoms with Gasteiger partial charge in [0, 0.05) is 24.4 Å². The Morgan fingerprint density at radius 2 is 2.12 bits per heavy atom. The summed E-state index contributed by atoms with van der Waals surface area (Å²) in [7, 11) is 1.58. The van der Waals surface area contributed by atoms with Crippen LogP contribution in [0, 0.1) is 0 Å². The van der Waals surface area contributed by atoms with E-state index in [2.05, 4.69) is 10.1 Å². The van der Waals surface area contributed by atoms with Crippen LogP contribution in [0.25, 0.3) is 11.0 Å². The lowest BCUT2D eigenvalue weighted by Crippen LogP contribution is -2.48. The topological polar surface area (TPSA) is 81.6 Å². The summed E-state index contributed by atoms with van der Waals surface area (Å²) in [5, 5.41) is 4.89. The number of para-hydroxylation sites is 1. The number of aromatic nitrogens is 2. The number of fused-ring (bicyclic) bond motifs is 1. The summed E-state index contributed by atoms with van der Waals surface area (Å²) in [6, 6.07) is 7.34. The fourth-order valence-corrected chi connectivity index (χ4v) is 3.18. The second-order valence-corrected chi connectivity index (χ2v) is 6.66. The smallest absolute Gasteiger partial charge is 0.289 e. The molecule has 0 radical (unpaired) electrons. The van der Waals surface area contributed by atoms with E-state index in [1.807, 2.05) is 18.2 Å². The molecule has 25 heavy (non-hydrogen) atoms. The van der Waals surface area contributed by atoms with Crippen molar-refractivity contribution in [2.24, 2.45) is 0 Å². The van der Waals surface area contributed by atoms with Crippen LogP contribution in [0.2, 0.25) is 0 Å². The van der Waals surface area contributed by atoms with Gasteiger partial charge in [0.2, 0.25) is 5.89 Å². The summed E-state index contributed by atoms with van der Waals surface area (Å²) in [4.78, 5) is 18.8. The van der Waals surface area contributed by atoms with Crippen LogP contribution >= 0.6 is 0 Å². The third-order valence-electron chi connectivity index (χ3n) is 4.86. The maximum Gasteiger partial charge on any atom is 0.289 e. The summed E-state index contributed by atoms with van der Waals surface area (Å²) in [6.45, 7) is 1.14. The minimum Gasteiger partial charge on any atom is -0.493 e. The van der Waals surface area contributed by atoms with E-state index in [4.69, 9.17) is 13.7 Å². The first-order valence-electron chi connectivity index (χ1n) is 8.42. The van der Waals surface area contributed by atoms with Crippen molar-refractivity contribution < 1.29 is 18.5 Å². The number of methoxy groups -OCH3 is 1. The fourth-order valence-electron chi connectivity index (χ4n) is 3.18. The van der Waals surface area contributed by atoms with Crippen LogP contribution in [0.15, 0.2) is 33.2 Å². The number of furan rings is 1. The molecule has 0 atom stereocenters. The highest BCUT2D eigenvalue weighted by atomic mass is 16.5. The molecule has 2 aliphatic rings. The van der Waals surface area contributed by atoms with E-state index in [0.29, 0.717) is 42.0 Å². The molecule has 0 N–H and O–H groups in total. The van der Waals surface area contributed by atoms with Crippen molar-refractivity contribution in [3.8, 4) is 5.75 Å². The highest BCUT2D eigenvalue weighted by molar-refractivity contribution is 5.97. The summed E-state index contributed by atoms with van der Waals surface area (Å²) >= 11 is 0. The molecule has 0 bridgehead atoms. The van der Waals surface area contributed by atoms with Crippen molar-refractivity contribution in [1.82, 2.24) is 15.0 Å². The molecule has 0 spiro atoms. The predicted octanol–water partition coefficient (Wildman–Crippen LogP) is 2.94. The number of likely N-dealkylation sites (tertiary alicyclic amines) is 1. The van der Waals surface area contributed by atoms with E-state index in [9.17, 15) is 4.79 Å². The number of amides is 1. The van der Waals surface area contributed by atoms with Crippen molar-refractivity contribution in [1.29, 1.82) is 0 Å². The van der Waals surface area contributed by atoms with Gasteiger partial charge in [0.25, 0.3) is 5.91 Å². The Kier molecular flexibility index (Phi) is 3.10. The Balaban J connectivity index is 1.30. The molecule has 1 aliphatic carbocycles. The van der Waals surface area contributed by atoms with Gasteiger partial charge in [-0.25, -0.2) is 0 Å². The maximum atomic E-state index is 12.6. The fraction of sp³-hybridized carbons (Fsp3) is 0.389. The summed E-state index contributed by atoms with van der Waals surface area (Å²) in [5.74, 6) is 2.85. The van der Waals surface area contributed by atoms with E-state index in [-0.39, 0.29) is 11.8 Å². The number of hydrogen-bond acceptors (Lipinski definition) is 6. The van der Waals surface area contributed by atoms with Gasteiger partial charge in [0.1, 0.15) is 0 Å². The maximum absolute atomic E-state index is 12.6. The van der Waals surface area contributed by atoms with Gasteiger partial charge < -0.3 is 18.6 Å². The van der Waals surface area contributed by atoms with Crippen LogP contribution in [0.4, 0.5) is 0 Å². The van der Waals surface area contributed by atoms with Gasteiger partial charge in [0.15, 0.2) is 22.9 Å².